The molecule has 1 fully saturated rings. The van der Waals surface area contributed by atoms with Crippen LogP contribution in [0.3, 0.4) is 0 Å². The largest absolute Gasteiger partial charge is 0.363 e. The lowest BCUT2D eigenvalue weighted by molar-refractivity contribution is 0.0668. The van der Waals surface area contributed by atoms with Crippen LogP contribution in [0.4, 0.5) is 13.8 Å². The van der Waals surface area contributed by atoms with Crippen molar-refractivity contribution in [3.05, 3.63) is 35.7 Å². The lowest BCUT2D eigenvalue weighted by Gasteiger charge is -2.33. The number of hydrogen-bond donors (Lipinski definition) is 2. The first kappa shape index (κ1) is 20.9. The zero-order valence-electron chi connectivity index (χ0n) is 14.4. The molecule has 0 saturated carbocycles. The van der Waals surface area contributed by atoms with E-state index in [1.807, 2.05) is 0 Å². The standard InChI is InChI=1S/C16H22F2N6S.HI/c1-19-16(21-11-13-20-6-9-24(13)15(17)18)22-12-4-7-23(8-5-12)14-3-2-10-25-14;/h2-3,6,9-10,12,15H,4-5,7-8,11H2,1H3,(H2,19,21,22);1H. The summed E-state index contributed by atoms with van der Waals surface area (Å²) < 4.78 is 26.5. The number of aliphatic imine (C=N–C) groups is 1. The second-order valence-electron chi connectivity index (χ2n) is 5.81. The molecule has 0 amide bonds. The maximum atomic E-state index is 12.8. The van der Waals surface area contributed by atoms with Gasteiger partial charge in [0, 0.05) is 38.6 Å². The fourth-order valence-corrected chi connectivity index (χ4v) is 3.69. The Labute approximate surface area is 172 Å². The summed E-state index contributed by atoms with van der Waals surface area (Å²) in [5.74, 6) is 0.892. The second kappa shape index (κ2) is 10.0. The molecule has 0 aromatic carbocycles. The molecule has 1 aliphatic rings. The van der Waals surface area contributed by atoms with Gasteiger partial charge >= 0.3 is 6.55 Å². The molecule has 10 heteroatoms. The number of aromatic nitrogens is 2. The average Bonchev–Trinajstić information content (AvgIpc) is 3.30. The van der Waals surface area contributed by atoms with E-state index < -0.39 is 6.55 Å². The Balaban J connectivity index is 0.00000243. The van der Waals surface area contributed by atoms with E-state index in [4.69, 9.17) is 0 Å². The van der Waals surface area contributed by atoms with Crippen molar-refractivity contribution in [3.63, 3.8) is 0 Å². The van der Waals surface area contributed by atoms with Gasteiger partial charge in [0.25, 0.3) is 0 Å². The predicted octanol–water partition coefficient (Wildman–Crippen LogP) is 3.29. The third kappa shape index (κ3) is 5.29. The summed E-state index contributed by atoms with van der Waals surface area (Å²) in [5.41, 5.74) is 0. The highest BCUT2D eigenvalue weighted by Crippen LogP contribution is 2.24. The van der Waals surface area contributed by atoms with Gasteiger partial charge in [-0.05, 0) is 30.4 Å². The zero-order valence-corrected chi connectivity index (χ0v) is 17.6. The lowest BCUT2D eigenvalue weighted by atomic mass is 10.1. The first-order chi connectivity index (χ1) is 12.2. The molecule has 2 N–H and O–H groups in total. The number of imidazole rings is 1. The van der Waals surface area contributed by atoms with E-state index in [0.717, 1.165) is 30.5 Å². The number of nitrogens with one attached hydrogen (secondary N) is 2. The van der Waals surface area contributed by atoms with Crippen LogP contribution in [0.2, 0.25) is 0 Å². The summed E-state index contributed by atoms with van der Waals surface area (Å²) in [6.45, 7) is -0.406. The molecule has 1 aliphatic heterocycles. The van der Waals surface area contributed by atoms with Gasteiger partial charge in [-0.3, -0.25) is 9.56 Å². The molecule has 1 saturated heterocycles. The molecule has 2 aromatic rings. The van der Waals surface area contributed by atoms with Crippen molar-refractivity contribution in [1.82, 2.24) is 20.2 Å². The third-order valence-corrected chi connectivity index (χ3v) is 5.18. The minimum Gasteiger partial charge on any atom is -0.363 e. The van der Waals surface area contributed by atoms with Crippen LogP contribution in [0.15, 0.2) is 34.9 Å². The number of thiophene rings is 1. The van der Waals surface area contributed by atoms with Crippen LogP contribution in [-0.2, 0) is 6.54 Å². The van der Waals surface area contributed by atoms with Gasteiger partial charge in [-0.2, -0.15) is 8.78 Å². The fourth-order valence-electron chi connectivity index (χ4n) is 2.90. The summed E-state index contributed by atoms with van der Waals surface area (Å²) >= 11 is 1.76. The number of halogens is 3. The smallest absolute Gasteiger partial charge is 0.319 e. The van der Waals surface area contributed by atoms with Crippen molar-refractivity contribution in [3.8, 4) is 0 Å². The Bertz CT molecular complexity index is 683. The van der Waals surface area contributed by atoms with Crippen LogP contribution < -0.4 is 15.5 Å². The highest BCUT2D eigenvalue weighted by atomic mass is 127. The highest BCUT2D eigenvalue weighted by molar-refractivity contribution is 14.0. The van der Waals surface area contributed by atoms with Gasteiger partial charge in [0.15, 0.2) is 5.96 Å². The topological polar surface area (TPSA) is 57.5 Å². The zero-order chi connectivity index (χ0) is 17.6. The van der Waals surface area contributed by atoms with Gasteiger partial charge in [-0.15, -0.1) is 35.3 Å². The molecular formula is C16H23F2IN6S. The van der Waals surface area contributed by atoms with Gasteiger partial charge in [-0.1, -0.05) is 0 Å². The van der Waals surface area contributed by atoms with Crippen LogP contribution in [0.5, 0.6) is 0 Å². The number of rotatable bonds is 5. The molecule has 3 heterocycles. The first-order valence-electron chi connectivity index (χ1n) is 8.23. The highest BCUT2D eigenvalue weighted by Gasteiger charge is 2.21. The van der Waals surface area contributed by atoms with Crippen LogP contribution in [0, 0.1) is 0 Å². The number of hydrogen-bond acceptors (Lipinski definition) is 4. The maximum Gasteiger partial charge on any atom is 0.319 e. The summed E-state index contributed by atoms with van der Waals surface area (Å²) in [7, 11) is 1.68. The van der Waals surface area contributed by atoms with Gasteiger partial charge < -0.3 is 15.5 Å². The quantitative estimate of drug-likeness (QED) is 0.379. The van der Waals surface area contributed by atoms with Gasteiger partial charge in [-0.25, -0.2) is 4.98 Å². The Morgan fingerprint density at radius 1 is 1.42 bits per heavy atom. The molecule has 6 nitrogen and oxygen atoms in total. The van der Waals surface area contributed by atoms with Gasteiger partial charge in [0.2, 0.25) is 0 Å². The van der Waals surface area contributed by atoms with Crippen molar-refractivity contribution in [1.29, 1.82) is 0 Å². The molecule has 3 rings (SSSR count). The lowest BCUT2D eigenvalue weighted by Crippen LogP contribution is -2.48. The Kier molecular flexibility index (Phi) is 8.07. The Morgan fingerprint density at radius 3 is 2.81 bits per heavy atom. The maximum absolute atomic E-state index is 12.8. The SMILES string of the molecule is CN=C(NCc1nccn1C(F)F)NC1CCN(c2cccs2)CC1.I. The van der Waals surface area contributed by atoms with Crippen molar-refractivity contribution >= 4 is 46.3 Å². The van der Waals surface area contributed by atoms with E-state index in [9.17, 15) is 8.78 Å². The Hall–Kier alpha value is -1.43. The number of alkyl halides is 2. The average molecular weight is 496 g/mol. The van der Waals surface area contributed by atoms with Crippen molar-refractivity contribution in [2.24, 2.45) is 4.99 Å². The minimum atomic E-state index is -2.59. The number of anilines is 1. The first-order valence-corrected chi connectivity index (χ1v) is 9.11. The van der Waals surface area contributed by atoms with E-state index in [2.05, 4.69) is 43.0 Å². The third-order valence-electron chi connectivity index (χ3n) is 4.25. The molecule has 0 atom stereocenters. The van der Waals surface area contributed by atoms with E-state index in [1.54, 1.807) is 18.4 Å². The molecule has 0 spiro atoms. The van der Waals surface area contributed by atoms with Gasteiger partial charge in [0.05, 0.1) is 11.5 Å². The summed E-state index contributed by atoms with van der Waals surface area (Å²) in [5, 5.41) is 9.83. The fraction of sp³-hybridized carbons (Fsp3) is 0.500. The molecule has 0 radical (unpaired) electrons. The molecule has 26 heavy (non-hydrogen) atoms. The monoisotopic (exact) mass is 496 g/mol. The van der Waals surface area contributed by atoms with Crippen molar-refractivity contribution in [2.45, 2.75) is 32.0 Å². The molecule has 2 aromatic heterocycles. The summed E-state index contributed by atoms with van der Waals surface area (Å²) in [6, 6.07) is 4.53. The summed E-state index contributed by atoms with van der Waals surface area (Å²) in [6.07, 6.45) is 4.66. The number of guanidine groups is 1. The minimum absolute atomic E-state index is 0. The Morgan fingerprint density at radius 2 is 2.19 bits per heavy atom. The molecule has 144 valence electrons. The molecule has 0 unspecified atom stereocenters. The molecule has 0 bridgehead atoms. The van der Waals surface area contributed by atoms with E-state index in [0.29, 0.717) is 12.0 Å². The summed E-state index contributed by atoms with van der Waals surface area (Å²) in [4.78, 5) is 10.5. The normalized spacial score (nSPS) is 15.8. The van der Waals surface area contributed by atoms with Crippen LogP contribution in [-0.4, -0.2) is 41.7 Å². The van der Waals surface area contributed by atoms with E-state index >= 15 is 0 Å². The van der Waals surface area contributed by atoms with E-state index in [1.165, 1.54) is 17.4 Å². The van der Waals surface area contributed by atoms with Crippen LogP contribution >= 0.6 is 35.3 Å². The van der Waals surface area contributed by atoms with E-state index in [-0.39, 0.29) is 36.3 Å². The predicted molar refractivity (Wildman–Crippen MR) is 112 cm³/mol. The second-order valence-corrected chi connectivity index (χ2v) is 6.74. The van der Waals surface area contributed by atoms with Crippen LogP contribution in [0.1, 0.15) is 25.2 Å². The number of nitrogens with zero attached hydrogens (tertiary/aromatic N) is 4. The molecular weight excluding hydrogens is 473 g/mol. The number of piperidine rings is 1. The van der Waals surface area contributed by atoms with Crippen molar-refractivity contribution < 1.29 is 8.78 Å². The van der Waals surface area contributed by atoms with Crippen molar-refractivity contribution in [2.75, 3.05) is 25.0 Å². The molecule has 0 aliphatic carbocycles. The van der Waals surface area contributed by atoms with Gasteiger partial charge in [0.1, 0.15) is 5.82 Å². The van der Waals surface area contributed by atoms with Crippen LogP contribution in [0.25, 0.3) is 0 Å².